The predicted octanol–water partition coefficient (Wildman–Crippen LogP) is 3.37. The Morgan fingerprint density at radius 2 is 2.09 bits per heavy atom. The highest BCUT2D eigenvalue weighted by Crippen LogP contribution is 2.40. The molecule has 2 aliphatic heterocycles. The van der Waals surface area contributed by atoms with Crippen molar-refractivity contribution in [1.82, 2.24) is 9.78 Å². The molecular formula is C23H22N4O5. The fourth-order valence-electron chi connectivity index (χ4n) is 4.01. The number of methoxy groups -OCH3 is 1. The summed E-state index contributed by atoms with van der Waals surface area (Å²) in [4.78, 5) is 25.4. The normalized spacial score (nSPS) is 15.9. The number of rotatable bonds is 6. The first-order valence-corrected chi connectivity index (χ1v) is 10.3. The molecule has 3 heterocycles. The van der Waals surface area contributed by atoms with E-state index < -0.39 is 6.04 Å². The van der Waals surface area contributed by atoms with Crippen LogP contribution >= 0.6 is 0 Å². The van der Waals surface area contributed by atoms with Crippen LogP contribution in [0.1, 0.15) is 25.1 Å². The highest BCUT2D eigenvalue weighted by atomic mass is 16.7. The van der Waals surface area contributed by atoms with Crippen LogP contribution in [0.3, 0.4) is 0 Å². The van der Waals surface area contributed by atoms with E-state index in [4.69, 9.17) is 14.2 Å². The molecule has 0 aliphatic carbocycles. The molecule has 0 bridgehead atoms. The molecule has 2 aromatic carbocycles. The summed E-state index contributed by atoms with van der Waals surface area (Å²) in [6.45, 7) is 2.16. The van der Waals surface area contributed by atoms with Gasteiger partial charge in [0.15, 0.2) is 11.5 Å². The van der Waals surface area contributed by atoms with Crippen molar-refractivity contribution in [2.75, 3.05) is 24.5 Å². The number of carbonyl (C=O) groups is 2. The highest BCUT2D eigenvalue weighted by Gasteiger charge is 2.36. The first-order chi connectivity index (χ1) is 15.6. The Bertz CT molecular complexity index is 1220. The van der Waals surface area contributed by atoms with Gasteiger partial charge in [-0.2, -0.15) is 5.10 Å². The topological polar surface area (TPSA) is 104 Å². The number of amides is 2. The minimum Gasteiger partial charge on any atom is -0.497 e. The van der Waals surface area contributed by atoms with Gasteiger partial charge in [0, 0.05) is 17.3 Å². The lowest BCUT2D eigenvalue weighted by Crippen LogP contribution is -2.23. The van der Waals surface area contributed by atoms with Crippen molar-refractivity contribution in [3.8, 4) is 28.4 Å². The van der Waals surface area contributed by atoms with E-state index in [9.17, 15) is 9.59 Å². The molecule has 0 saturated carbocycles. The molecule has 9 heteroatoms. The standard InChI is InChI=1S/C23H22N4O5/c1-3-16-21(13-5-4-6-15(9-13)30-2)22-25-23(29)17(27(22)26-16)11-20(28)24-14-7-8-18-19(10-14)32-12-31-18/h4-10,17H,3,11-12H2,1-2H3,(H,24,28)(H,25,29). The van der Waals surface area contributed by atoms with Crippen LogP contribution in [0.15, 0.2) is 42.5 Å². The number of hydrogen-bond acceptors (Lipinski definition) is 6. The van der Waals surface area contributed by atoms with Crippen LogP contribution in [-0.4, -0.2) is 35.5 Å². The Balaban J connectivity index is 1.40. The molecular weight excluding hydrogens is 412 g/mol. The summed E-state index contributed by atoms with van der Waals surface area (Å²) < 4.78 is 17.6. The van der Waals surface area contributed by atoms with E-state index in [0.717, 1.165) is 16.8 Å². The van der Waals surface area contributed by atoms with Gasteiger partial charge in [0.1, 0.15) is 17.6 Å². The molecule has 9 nitrogen and oxygen atoms in total. The van der Waals surface area contributed by atoms with Crippen molar-refractivity contribution < 1.29 is 23.8 Å². The molecule has 1 atom stereocenters. The third-order valence-electron chi connectivity index (χ3n) is 5.55. The van der Waals surface area contributed by atoms with Crippen molar-refractivity contribution in [3.63, 3.8) is 0 Å². The number of carbonyl (C=O) groups excluding carboxylic acids is 2. The monoisotopic (exact) mass is 434 g/mol. The lowest BCUT2D eigenvalue weighted by atomic mass is 10.0. The largest absolute Gasteiger partial charge is 0.497 e. The zero-order valence-corrected chi connectivity index (χ0v) is 17.7. The molecule has 2 N–H and O–H groups in total. The zero-order chi connectivity index (χ0) is 22.2. The second-order valence-corrected chi connectivity index (χ2v) is 7.53. The molecule has 32 heavy (non-hydrogen) atoms. The van der Waals surface area contributed by atoms with E-state index >= 15 is 0 Å². The van der Waals surface area contributed by atoms with E-state index in [1.807, 2.05) is 31.2 Å². The molecule has 5 rings (SSSR count). The molecule has 1 unspecified atom stereocenters. The van der Waals surface area contributed by atoms with E-state index in [1.165, 1.54) is 0 Å². The molecule has 3 aromatic rings. The number of benzene rings is 2. The summed E-state index contributed by atoms with van der Waals surface area (Å²) in [5.74, 6) is 1.96. The first kappa shape index (κ1) is 19.9. The third-order valence-corrected chi connectivity index (χ3v) is 5.55. The summed E-state index contributed by atoms with van der Waals surface area (Å²) in [6, 6.07) is 12.0. The molecule has 0 radical (unpaired) electrons. The summed E-state index contributed by atoms with van der Waals surface area (Å²) in [6.07, 6.45) is 0.633. The Kier molecular flexibility index (Phi) is 4.93. The van der Waals surface area contributed by atoms with Crippen LogP contribution in [0, 0.1) is 0 Å². The van der Waals surface area contributed by atoms with Gasteiger partial charge in [0.05, 0.1) is 19.2 Å². The molecule has 1 aromatic heterocycles. The number of nitrogens with zero attached hydrogens (tertiary/aromatic N) is 2. The van der Waals surface area contributed by atoms with Crippen molar-refractivity contribution in [2.24, 2.45) is 0 Å². The molecule has 0 fully saturated rings. The number of hydrogen-bond donors (Lipinski definition) is 2. The summed E-state index contributed by atoms with van der Waals surface area (Å²) >= 11 is 0. The predicted molar refractivity (Wildman–Crippen MR) is 117 cm³/mol. The molecule has 0 spiro atoms. The number of anilines is 2. The van der Waals surface area contributed by atoms with Gasteiger partial charge >= 0.3 is 0 Å². The van der Waals surface area contributed by atoms with Gasteiger partial charge in [0.2, 0.25) is 12.7 Å². The van der Waals surface area contributed by atoms with Gasteiger partial charge in [-0.1, -0.05) is 19.1 Å². The molecule has 2 aliphatic rings. The van der Waals surface area contributed by atoms with Crippen LogP contribution in [0.4, 0.5) is 11.5 Å². The lowest BCUT2D eigenvalue weighted by Gasteiger charge is -2.10. The summed E-state index contributed by atoms with van der Waals surface area (Å²) in [7, 11) is 1.61. The van der Waals surface area contributed by atoms with E-state index in [1.54, 1.807) is 30.0 Å². The smallest absolute Gasteiger partial charge is 0.251 e. The average Bonchev–Trinajstić information content (AvgIpc) is 3.48. The Morgan fingerprint density at radius 1 is 1.25 bits per heavy atom. The highest BCUT2D eigenvalue weighted by molar-refractivity contribution is 6.04. The van der Waals surface area contributed by atoms with Gasteiger partial charge in [0.25, 0.3) is 5.91 Å². The number of aryl methyl sites for hydroxylation is 1. The molecule has 2 amide bonds. The zero-order valence-electron chi connectivity index (χ0n) is 17.7. The van der Waals surface area contributed by atoms with E-state index in [0.29, 0.717) is 35.2 Å². The maximum Gasteiger partial charge on any atom is 0.251 e. The van der Waals surface area contributed by atoms with Gasteiger partial charge in [-0.15, -0.1) is 0 Å². The van der Waals surface area contributed by atoms with Crippen LogP contribution < -0.4 is 24.8 Å². The second kappa shape index (κ2) is 7.92. The SMILES string of the molecule is CCc1nn2c(c1-c1cccc(OC)c1)NC(=O)C2CC(=O)Nc1ccc2c(c1)OCO2. The number of aromatic nitrogens is 2. The van der Waals surface area contributed by atoms with Crippen molar-refractivity contribution in [3.05, 3.63) is 48.2 Å². The van der Waals surface area contributed by atoms with E-state index in [-0.39, 0.29) is 25.0 Å². The maximum atomic E-state index is 12.7. The minimum atomic E-state index is -0.733. The number of ether oxygens (including phenoxy) is 3. The van der Waals surface area contributed by atoms with Gasteiger partial charge < -0.3 is 24.8 Å². The van der Waals surface area contributed by atoms with Gasteiger partial charge in [-0.25, -0.2) is 4.68 Å². The fourth-order valence-corrected chi connectivity index (χ4v) is 4.01. The van der Waals surface area contributed by atoms with E-state index in [2.05, 4.69) is 15.7 Å². The number of nitrogens with one attached hydrogen (secondary N) is 2. The van der Waals surface area contributed by atoms with Crippen LogP contribution in [-0.2, 0) is 16.0 Å². The van der Waals surface area contributed by atoms with Crippen LogP contribution in [0.25, 0.3) is 11.1 Å². The van der Waals surface area contributed by atoms with Gasteiger partial charge in [-0.05, 0) is 36.2 Å². The van der Waals surface area contributed by atoms with Gasteiger partial charge in [-0.3, -0.25) is 9.59 Å². The van der Waals surface area contributed by atoms with Crippen molar-refractivity contribution in [1.29, 1.82) is 0 Å². The first-order valence-electron chi connectivity index (χ1n) is 10.3. The summed E-state index contributed by atoms with van der Waals surface area (Å²) in [5.41, 5.74) is 3.16. The van der Waals surface area contributed by atoms with Crippen LogP contribution in [0.5, 0.6) is 17.2 Å². The maximum absolute atomic E-state index is 12.7. The quantitative estimate of drug-likeness (QED) is 0.617. The second-order valence-electron chi connectivity index (χ2n) is 7.53. The third kappa shape index (κ3) is 3.41. The van der Waals surface area contributed by atoms with Crippen molar-refractivity contribution >= 4 is 23.3 Å². The number of fused-ring (bicyclic) bond motifs is 2. The lowest BCUT2D eigenvalue weighted by molar-refractivity contribution is -0.123. The minimum absolute atomic E-state index is 0.0460. The summed E-state index contributed by atoms with van der Waals surface area (Å²) in [5, 5.41) is 10.4. The Hall–Kier alpha value is -4.01. The van der Waals surface area contributed by atoms with Crippen molar-refractivity contribution in [2.45, 2.75) is 25.8 Å². The average molecular weight is 434 g/mol. The Labute approximate surface area is 184 Å². The molecule has 164 valence electrons. The van der Waals surface area contributed by atoms with Crippen LogP contribution in [0.2, 0.25) is 0 Å². The fraction of sp³-hybridized carbons (Fsp3) is 0.261. The molecule has 0 saturated heterocycles. The Morgan fingerprint density at radius 3 is 2.91 bits per heavy atom.